The maximum atomic E-state index is 12.1. The Hall–Kier alpha value is -2.26. The van der Waals surface area contributed by atoms with Gasteiger partial charge in [-0.05, 0) is 43.4 Å². The molecule has 0 N–H and O–H groups in total. The average molecular weight is 341 g/mol. The van der Waals surface area contributed by atoms with E-state index in [4.69, 9.17) is 20.8 Å². The van der Waals surface area contributed by atoms with Crippen molar-refractivity contribution in [3.8, 4) is 5.75 Å². The van der Waals surface area contributed by atoms with Crippen LogP contribution in [0, 0.1) is 6.92 Å². The van der Waals surface area contributed by atoms with E-state index in [-0.39, 0.29) is 5.63 Å². The molecule has 0 saturated heterocycles. The van der Waals surface area contributed by atoms with Gasteiger partial charge in [-0.2, -0.15) is 0 Å². The van der Waals surface area contributed by atoms with Crippen molar-refractivity contribution in [3.05, 3.63) is 74.1 Å². The molecular formula is C20H17ClO3. The molecule has 0 bridgehead atoms. The second-order valence-electron chi connectivity index (χ2n) is 6.26. The van der Waals surface area contributed by atoms with E-state index in [1.807, 2.05) is 31.2 Å². The minimum absolute atomic E-state index is 0.234. The Morgan fingerprint density at radius 3 is 2.83 bits per heavy atom. The zero-order valence-electron chi connectivity index (χ0n) is 13.4. The first-order valence-corrected chi connectivity index (χ1v) is 8.46. The van der Waals surface area contributed by atoms with Gasteiger partial charge in [-0.1, -0.05) is 41.4 Å². The van der Waals surface area contributed by atoms with Crippen LogP contribution in [0.4, 0.5) is 0 Å². The van der Waals surface area contributed by atoms with Crippen LogP contribution in [0.25, 0.3) is 11.0 Å². The van der Waals surface area contributed by atoms with Crippen molar-refractivity contribution in [2.45, 2.75) is 32.8 Å². The third-order valence-electron chi connectivity index (χ3n) is 4.50. The van der Waals surface area contributed by atoms with Gasteiger partial charge < -0.3 is 9.15 Å². The molecule has 0 saturated carbocycles. The number of hydrogen-bond donors (Lipinski definition) is 0. The summed E-state index contributed by atoms with van der Waals surface area (Å²) in [7, 11) is 0. The van der Waals surface area contributed by atoms with Crippen molar-refractivity contribution < 1.29 is 9.15 Å². The molecule has 0 spiro atoms. The molecule has 0 atom stereocenters. The third kappa shape index (κ3) is 2.69. The SMILES string of the molecule is Cc1cccc(COc2cc3oc(=O)c4c(c3cc2Cl)CCC4)c1. The molecule has 2 aromatic carbocycles. The van der Waals surface area contributed by atoms with Crippen molar-refractivity contribution in [1.29, 1.82) is 0 Å². The summed E-state index contributed by atoms with van der Waals surface area (Å²) < 4.78 is 11.3. The van der Waals surface area contributed by atoms with Gasteiger partial charge >= 0.3 is 5.63 Å². The topological polar surface area (TPSA) is 39.4 Å². The summed E-state index contributed by atoms with van der Waals surface area (Å²) in [5.74, 6) is 0.534. The minimum atomic E-state index is -0.234. The maximum absolute atomic E-state index is 12.1. The molecule has 0 unspecified atom stereocenters. The lowest BCUT2D eigenvalue weighted by Gasteiger charge is -2.11. The number of hydrogen-bond acceptors (Lipinski definition) is 3. The van der Waals surface area contributed by atoms with Gasteiger partial charge in [0.1, 0.15) is 17.9 Å². The van der Waals surface area contributed by atoms with Crippen LogP contribution in [-0.4, -0.2) is 0 Å². The van der Waals surface area contributed by atoms with E-state index in [0.29, 0.717) is 23.0 Å². The molecule has 3 aromatic rings. The number of ether oxygens (including phenoxy) is 1. The molecule has 1 heterocycles. The quantitative estimate of drug-likeness (QED) is 0.641. The Labute approximate surface area is 144 Å². The second-order valence-corrected chi connectivity index (χ2v) is 6.66. The molecule has 122 valence electrons. The van der Waals surface area contributed by atoms with E-state index in [0.717, 1.165) is 41.3 Å². The summed E-state index contributed by atoms with van der Waals surface area (Å²) >= 11 is 6.40. The van der Waals surface area contributed by atoms with Crippen LogP contribution in [0.3, 0.4) is 0 Å². The first-order valence-electron chi connectivity index (χ1n) is 8.08. The molecule has 0 amide bonds. The molecular weight excluding hydrogens is 324 g/mol. The summed E-state index contributed by atoms with van der Waals surface area (Å²) in [5.41, 5.74) is 4.44. The van der Waals surface area contributed by atoms with Crippen LogP contribution >= 0.6 is 11.6 Å². The lowest BCUT2D eigenvalue weighted by atomic mass is 10.1. The number of benzene rings is 2. The molecule has 4 heteroatoms. The molecule has 1 aromatic heterocycles. The van der Waals surface area contributed by atoms with E-state index in [2.05, 4.69) is 6.07 Å². The van der Waals surface area contributed by atoms with Gasteiger partial charge in [-0.15, -0.1) is 0 Å². The monoisotopic (exact) mass is 340 g/mol. The van der Waals surface area contributed by atoms with Crippen molar-refractivity contribution in [1.82, 2.24) is 0 Å². The van der Waals surface area contributed by atoms with Crippen LogP contribution in [-0.2, 0) is 19.4 Å². The molecule has 1 aliphatic rings. The fraction of sp³-hybridized carbons (Fsp3) is 0.250. The number of fused-ring (bicyclic) bond motifs is 3. The summed E-state index contributed by atoms with van der Waals surface area (Å²) in [6.07, 6.45) is 2.68. The Morgan fingerprint density at radius 1 is 1.17 bits per heavy atom. The van der Waals surface area contributed by atoms with E-state index in [1.54, 1.807) is 6.07 Å². The van der Waals surface area contributed by atoms with E-state index in [9.17, 15) is 4.79 Å². The largest absolute Gasteiger partial charge is 0.487 e. The Kier molecular flexibility index (Phi) is 3.81. The Morgan fingerprint density at radius 2 is 2.00 bits per heavy atom. The van der Waals surface area contributed by atoms with Crippen LogP contribution < -0.4 is 10.4 Å². The predicted molar refractivity (Wildman–Crippen MR) is 95.0 cm³/mol. The molecule has 4 rings (SSSR count). The van der Waals surface area contributed by atoms with Crippen molar-refractivity contribution in [2.75, 3.05) is 0 Å². The number of rotatable bonds is 3. The summed E-state index contributed by atoms with van der Waals surface area (Å²) in [6.45, 7) is 2.46. The smallest absolute Gasteiger partial charge is 0.339 e. The van der Waals surface area contributed by atoms with Crippen LogP contribution in [0.5, 0.6) is 5.75 Å². The van der Waals surface area contributed by atoms with Gasteiger partial charge in [0.2, 0.25) is 0 Å². The average Bonchev–Trinajstić information content (AvgIpc) is 3.05. The molecule has 0 aliphatic heterocycles. The van der Waals surface area contributed by atoms with Gasteiger partial charge in [0, 0.05) is 17.0 Å². The van der Waals surface area contributed by atoms with Crippen LogP contribution in [0.15, 0.2) is 45.6 Å². The maximum Gasteiger partial charge on any atom is 0.339 e. The van der Waals surface area contributed by atoms with Crippen LogP contribution in [0.2, 0.25) is 5.02 Å². The molecule has 0 radical (unpaired) electrons. The second kappa shape index (κ2) is 5.99. The molecule has 3 nitrogen and oxygen atoms in total. The highest BCUT2D eigenvalue weighted by Crippen LogP contribution is 2.35. The molecule has 24 heavy (non-hydrogen) atoms. The van der Waals surface area contributed by atoms with E-state index < -0.39 is 0 Å². The fourth-order valence-electron chi connectivity index (χ4n) is 3.36. The summed E-state index contributed by atoms with van der Waals surface area (Å²) in [4.78, 5) is 12.1. The zero-order chi connectivity index (χ0) is 16.7. The van der Waals surface area contributed by atoms with Crippen molar-refractivity contribution in [2.24, 2.45) is 0 Å². The lowest BCUT2D eigenvalue weighted by Crippen LogP contribution is -2.07. The first kappa shape index (κ1) is 15.3. The standard InChI is InChI=1S/C20H17ClO3/c1-12-4-2-5-13(8-12)11-23-19-10-18-16(9-17(19)21)14-6-3-7-15(14)20(22)24-18/h2,4-5,8-10H,3,6-7,11H2,1H3. The lowest BCUT2D eigenvalue weighted by molar-refractivity contribution is 0.306. The molecule has 0 fully saturated rings. The Balaban J connectivity index is 1.70. The minimum Gasteiger partial charge on any atom is -0.487 e. The van der Waals surface area contributed by atoms with Gasteiger partial charge in [0.25, 0.3) is 0 Å². The fourth-order valence-corrected chi connectivity index (χ4v) is 3.57. The first-order chi connectivity index (χ1) is 11.6. The van der Waals surface area contributed by atoms with Gasteiger partial charge in [0.15, 0.2) is 0 Å². The highest BCUT2D eigenvalue weighted by Gasteiger charge is 2.20. The summed E-state index contributed by atoms with van der Waals surface area (Å²) in [5, 5.41) is 1.47. The number of aryl methyl sites for hydroxylation is 2. The normalized spacial score (nSPS) is 13.2. The van der Waals surface area contributed by atoms with Gasteiger partial charge in [-0.3, -0.25) is 0 Å². The summed E-state index contributed by atoms with van der Waals surface area (Å²) in [6, 6.07) is 11.7. The van der Waals surface area contributed by atoms with E-state index in [1.165, 1.54) is 5.56 Å². The molecule has 1 aliphatic carbocycles. The highest BCUT2D eigenvalue weighted by molar-refractivity contribution is 6.32. The zero-order valence-corrected chi connectivity index (χ0v) is 14.2. The predicted octanol–water partition coefficient (Wildman–Crippen LogP) is 4.82. The van der Waals surface area contributed by atoms with Gasteiger partial charge in [0.05, 0.1) is 5.02 Å². The third-order valence-corrected chi connectivity index (χ3v) is 4.80. The van der Waals surface area contributed by atoms with Crippen molar-refractivity contribution in [3.63, 3.8) is 0 Å². The van der Waals surface area contributed by atoms with Gasteiger partial charge in [-0.25, -0.2) is 4.79 Å². The van der Waals surface area contributed by atoms with Crippen LogP contribution in [0.1, 0.15) is 28.7 Å². The van der Waals surface area contributed by atoms with E-state index >= 15 is 0 Å². The number of halogens is 1. The van der Waals surface area contributed by atoms with Crippen molar-refractivity contribution >= 4 is 22.6 Å². The Bertz CT molecular complexity index is 988. The highest BCUT2D eigenvalue weighted by atomic mass is 35.5.